The van der Waals surface area contributed by atoms with E-state index < -0.39 is 29.1 Å². The Hall–Kier alpha value is -2.02. The highest BCUT2D eigenvalue weighted by Gasteiger charge is 2.40. The van der Waals surface area contributed by atoms with E-state index in [0.29, 0.717) is 13.0 Å². The number of aromatic nitrogens is 1. The van der Waals surface area contributed by atoms with Gasteiger partial charge in [0.2, 0.25) is 0 Å². The van der Waals surface area contributed by atoms with Crippen molar-refractivity contribution in [2.75, 3.05) is 6.61 Å². The van der Waals surface area contributed by atoms with Crippen LogP contribution in [-0.2, 0) is 11.3 Å². The summed E-state index contributed by atoms with van der Waals surface area (Å²) in [6.07, 6.45) is 1.45. The second-order valence-corrected chi connectivity index (χ2v) is 4.87. The monoisotopic (exact) mass is 266 g/mol. The van der Waals surface area contributed by atoms with Crippen LogP contribution in [0.4, 0.5) is 0 Å². The lowest BCUT2D eigenvalue weighted by Gasteiger charge is -2.44. The Morgan fingerprint density at radius 3 is 2.84 bits per heavy atom. The van der Waals surface area contributed by atoms with Crippen LogP contribution >= 0.6 is 0 Å². The van der Waals surface area contributed by atoms with Crippen LogP contribution in [0.3, 0.4) is 0 Å². The molecule has 3 rings (SSSR count). The summed E-state index contributed by atoms with van der Waals surface area (Å²) >= 11 is 0. The van der Waals surface area contributed by atoms with Crippen LogP contribution in [0, 0.1) is 0 Å². The van der Waals surface area contributed by atoms with E-state index in [4.69, 9.17) is 4.74 Å². The normalized spacial score (nSPS) is 25.9. The summed E-state index contributed by atoms with van der Waals surface area (Å²) in [5, 5.41) is 19.2. The highest BCUT2D eigenvalue weighted by atomic mass is 16.5. The van der Waals surface area contributed by atoms with Crippen molar-refractivity contribution in [1.82, 2.24) is 9.47 Å². The summed E-state index contributed by atoms with van der Waals surface area (Å²) in [6, 6.07) is -0.0108. The van der Waals surface area contributed by atoms with Crippen molar-refractivity contribution in [2.24, 2.45) is 0 Å². The van der Waals surface area contributed by atoms with E-state index in [0.717, 1.165) is 6.20 Å². The van der Waals surface area contributed by atoms with Gasteiger partial charge in [-0.15, -0.1) is 0 Å². The Morgan fingerprint density at radius 1 is 1.37 bits per heavy atom. The zero-order chi connectivity index (χ0) is 13.7. The van der Waals surface area contributed by atoms with Crippen LogP contribution in [0.15, 0.2) is 11.0 Å². The van der Waals surface area contributed by atoms with Gasteiger partial charge < -0.3 is 24.4 Å². The van der Waals surface area contributed by atoms with Gasteiger partial charge in [0.15, 0.2) is 23.4 Å². The number of nitrogens with zero attached hydrogens (tertiary/aromatic N) is 2. The standard InChI is InChI=1S/C12H14N2O5/c1-6-2-3-19-8-5-13-4-7(15)10(16)11(17)9(13)12(18)14(6)8/h4,6,8,15,17H,2-3,5H2,1H3/t6-,8+/m0/s1. The highest BCUT2D eigenvalue weighted by Crippen LogP contribution is 2.29. The number of rotatable bonds is 0. The third kappa shape index (κ3) is 1.61. The van der Waals surface area contributed by atoms with Gasteiger partial charge in [0.1, 0.15) is 0 Å². The molecule has 7 heteroatoms. The molecule has 102 valence electrons. The molecule has 1 amide bonds. The van der Waals surface area contributed by atoms with Crippen LogP contribution in [0.25, 0.3) is 0 Å². The zero-order valence-electron chi connectivity index (χ0n) is 10.4. The second kappa shape index (κ2) is 3.99. The third-order valence-corrected chi connectivity index (χ3v) is 3.66. The van der Waals surface area contributed by atoms with E-state index in [9.17, 15) is 19.8 Å². The number of amides is 1. The summed E-state index contributed by atoms with van der Waals surface area (Å²) in [5.74, 6) is -1.73. The predicted molar refractivity (Wildman–Crippen MR) is 64.0 cm³/mol. The van der Waals surface area contributed by atoms with Gasteiger partial charge in [-0.3, -0.25) is 9.59 Å². The number of aromatic hydroxyl groups is 2. The van der Waals surface area contributed by atoms with Crippen molar-refractivity contribution in [3.05, 3.63) is 22.1 Å². The maximum atomic E-state index is 12.4. The number of hydrogen-bond donors (Lipinski definition) is 2. The highest BCUT2D eigenvalue weighted by molar-refractivity contribution is 5.96. The number of carbonyl (C=O) groups excluding carboxylic acids is 1. The minimum absolute atomic E-state index is 0.0108. The molecule has 7 nitrogen and oxygen atoms in total. The molecule has 0 aliphatic carbocycles. The average molecular weight is 266 g/mol. The first-order valence-electron chi connectivity index (χ1n) is 6.10. The molecule has 19 heavy (non-hydrogen) atoms. The number of pyridine rings is 1. The SMILES string of the molecule is C[C@H]1CCO[C@@H]2Cn3cc(O)c(=O)c(O)c3C(=O)N12. The van der Waals surface area contributed by atoms with Gasteiger partial charge in [0.05, 0.1) is 19.3 Å². The van der Waals surface area contributed by atoms with Crippen LogP contribution in [0.5, 0.6) is 11.5 Å². The van der Waals surface area contributed by atoms with Crippen molar-refractivity contribution in [2.45, 2.75) is 32.2 Å². The Kier molecular flexibility index (Phi) is 2.53. The molecular formula is C12H14N2O5. The van der Waals surface area contributed by atoms with Crippen LogP contribution < -0.4 is 5.43 Å². The van der Waals surface area contributed by atoms with Crippen LogP contribution in [0.1, 0.15) is 23.8 Å². The van der Waals surface area contributed by atoms with Crippen molar-refractivity contribution in [3.8, 4) is 11.5 Å². The fourth-order valence-corrected chi connectivity index (χ4v) is 2.64. The number of hydrogen-bond acceptors (Lipinski definition) is 5. The van der Waals surface area contributed by atoms with E-state index in [1.807, 2.05) is 6.92 Å². The maximum absolute atomic E-state index is 12.4. The molecule has 0 radical (unpaired) electrons. The summed E-state index contributed by atoms with van der Waals surface area (Å²) in [5.41, 5.74) is -1.01. The smallest absolute Gasteiger partial charge is 0.276 e. The molecule has 2 aliphatic heterocycles. The van der Waals surface area contributed by atoms with Crippen molar-refractivity contribution in [3.63, 3.8) is 0 Å². The fraction of sp³-hybridized carbons (Fsp3) is 0.500. The lowest BCUT2D eigenvalue weighted by molar-refractivity contribution is -0.112. The number of ether oxygens (including phenoxy) is 1. The molecule has 1 saturated heterocycles. The first-order chi connectivity index (χ1) is 9.00. The maximum Gasteiger partial charge on any atom is 0.276 e. The van der Waals surface area contributed by atoms with E-state index in [-0.39, 0.29) is 18.3 Å². The molecule has 0 spiro atoms. The Bertz CT molecular complexity index is 609. The Labute approximate surface area is 108 Å². The average Bonchev–Trinajstić information content (AvgIpc) is 2.35. The first-order valence-corrected chi connectivity index (χ1v) is 6.10. The molecule has 0 bridgehead atoms. The largest absolute Gasteiger partial charge is 0.503 e. The molecule has 0 unspecified atom stereocenters. The molecule has 2 N–H and O–H groups in total. The van der Waals surface area contributed by atoms with Gasteiger partial charge >= 0.3 is 0 Å². The quantitative estimate of drug-likeness (QED) is 0.681. The van der Waals surface area contributed by atoms with E-state index >= 15 is 0 Å². The third-order valence-electron chi connectivity index (χ3n) is 3.66. The first kappa shape index (κ1) is 12.0. The molecule has 0 saturated carbocycles. The van der Waals surface area contributed by atoms with E-state index in [2.05, 4.69) is 0 Å². The zero-order valence-corrected chi connectivity index (χ0v) is 10.4. The second-order valence-electron chi connectivity index (χ2n) is 4.87. The van der Waals surface area contributed by atoms with Crippen molar-refractivity contribution < 1.29 is 19.7 Å². The molecule has 2 atom stereocenters. The van der Waals surface area contributed by atoms with E-state index in [1.165, 1.54) is 9.47 Å². The minimum Gasteiger partial charge on any atom is -0.503 e. The van der Waals surface area contributed by atoms with Gasteiger partial charge in [-0.1, -0.05) is 0 Å². The van der Waals surface area contributed by atoms with E-state index in [1.54, 1.807) is 0 Å². The molecule has 1 fully saturated rings. The summed E-state index contributed by atoms with van der Waals surface area (Å²) in [4.78, 5) is 25.4. The van der Waals surface area contributed by atoms with Gasteiger partial charge in [0, 0.05) is 6.04 Å². The van der Waals surface area contributed by atoms with Crippen LogP contribution in [0.2, 0.25) is 0 Å². The lowest BCUT2D eigenvalue weighted by Crippen LogP contribution is -2.56. The Balaban J connectivity index is 2.16. The van der Waals surface area contributed by atoms with Gasteiger partial charge in [-0.05, 0) is 13.3 Å². The van der Waals surface area contributed by atoms with Gasteiger partial charge in [-0.2, -0.15) is 0 Å². The molecule has 1 aromatic heterocycles. The Morgan fingerprint density at radius 2 is 2.11 bits per heavy atom. The minimum atomic E-state index is -0.927. The molecule has 2 aliphatic rings. The van der Waals surface area contributed by atoms with Crippen molar-refractivity contribution >= 4 is 5.91 Å². The topological polar surface area (TPSA) is 92.0 Å². The molecule has 0 aromatic carbocycles. The molecule has 3 heterocycles. The predicted octanol–water partition coefficient (Wildman–Crippen LogP) is -0.150. The summed E-state index contributed by atoms with van der Waals surface area (Å²) in [7, 11) is 0. The van der Waals surface area contributed by atoms with Gasteiger partial charge in [-0.25, -0.2) is 0 Å². The molecule has 1 aromatic rings. The number of fused-ring (bicyclic) bond motifs is 2. The van der Waals surface area contributed by atoms with Crippen molar-refractivity contribution in [1.29, 1.82) is 0 Å². The van der Waals surface area contributed by atoms with Crippen LogP contribution in [-0.4, -0.2) is 44.5 Å². The number of carbonyl (C=O) groups is 1. The lowest BCUT2D eigenvalue weighted by atomic mass is 10.1. The summed E-state index contributed by atoms with van der Waals surface area (Å²) < 4.78 is 6.90. The summed E-state index contributed by atoms with van der Waals surface area (Å²) in [6.45, 7) is 2.74. The molecular weight excluding hydrogens is 252 g/mol. The van der Waals surface area contributed by atoms with Gasteiger partial charge in [0.25, 0.3) is 11.3 Å². The fourth-order valence-electron chi connectivity index (χ4n) is 2.64.